The summed E-state index contributed by atoms with van der Waals surface area (Å²) in [7, 11) is 0. The first-order chi connectivity index (χ1) is 31.3. The third kappa shape index (κ3) is 5.19. The van der Waals surface area contributed by atoms with Crippen molar-refractivity contribution in [2.24, 2.45) is 0 Å². The molecule has 2 heteroatoms. The molecule has 0 aliphatic heterocycles. The van der Waals surface area contributed by atoms with Gasteiger partial charge in [-0.2, -0.15) is 0 Å². The highest BCUT2D eigenvalue weighted by molar-refractivity contribution is 6.25. The van der Waals surface area contributed by atoms with Gasteiger partial charge in [-0.15, -0.1) is 0 Å². The molecule has 0 bridgehead atoms. The van der Waals surface area contributed by atoms with Crippen molar-refractivity contribution in [3.05, 3.63) is 265 Å². The third-order valence-electron chi connectivity index (χ3n) is 13.6. The van der Waals surface area contributed by atoms with Crippen LogP contribution in [-0.2, 0) is 5.41 Å². The van der Waals surface area contributed by atoms with Crippen LogP contribution in [-0.4, -0.2) is 4.57 Å². The van der Waals surface area contributed by atoms with Crippen molar-refractivity contribution < 1.29 is 0 Å². The molecule has 1 heterocycles. The van der Waals surface area contributed by atoms with Gasteiger partial charge in [-0.25, -0.2) is 0 Å². The van der Waals surface area contributed by atoms with Crippen molar-refractivity contribution in [1.82, 2.24) is 4.57 Å². The summed E-state index contributed by atoms with van der Waals surface area (Å²) < 4.78 is 2.41. The Morgan fingerprint density at radius 1 is 0.286 bits per heavy atom. The molecular weight excluding hydrogens is 761 g/mol. The molecule has 2 nitrogen and oxygen atoms in total. The molecule has 0 radical (unpaired) electrons. The molecule has 0 spiro atoms. The number of hydrogen-bond acceptors (Lipinski definition) is 1. The molecule has 63 heavy (non-hydrogen) atoms. The predicted molar refractivity (Wildman–Crippen MR) is 265 cm³/mol. The van der Waals surface area contributed by atoms with Crippen LogP contribution >= 0.6 is 0 Å². The Balaban J connectivity index is 1.05. The van der Waals surface area contributed by atoms with E-state index < -0.39 is 5.41 Å². The molecule has 1 aliphatic rings. The standard InChI is InChI=1S/C61H40N2/c1-2-17-41(18-3-1)61(57-29-12-8-25-52(57)53-26-9-13-30-58(53)61)42-33-35-43(36-34-42)62(46-37-38-51-49-23-5-4-21-47(49)48-22-6-7-24-50(48)56(51)40-46)44-19-16-20-45(39-44)63-59-31-14-10-27-54(59)55-28-11-15-32-60(55)63/h1-40H. The number of para-hydroxylation sites is 2. The van der Waals surface area contributed by atoms with Gasteiger partial charge >= 0.3 is 0 Å². The minimum absolute atomic E-state index is 0.475. The van der Waals surface area contributed by atoms with E-state index in [0.29, 0.717) is 0 Å². The molecule has 12 aromatic rings. The molecule has 1 aliphatic carbocycles. The quantitative estimate of drug-likeness (QED) is 0.152. The first-order valence-electron chi connectivity index (χ1n) is 21.8. The molecule has 1 aromatic heterocycles. The van der Waals surface area contributed by atoms with Crippen molar-refractivity contribution >= 4 is 71.2 Å². The summed E-state index contributed by atoms with van der Waals surface area (Å²) in [5, 5.41) is 10.1. The largest absolute Gasteiger partial charge is 0.310 e. The van der Waals surface area contributed by atoms with Gasteiger partial charge in [-0.05, 0) is 120 Å². The lowest BCUT2D eigenvalue weighted by Crippen LogP contribution is -2.28. The van der Waals surface area contributed by atoms with Gasteiger partial charge in [0.2, 0.25) is 0 Å². The molecule has 0 fully saturated rings. The van der Waals surface area contributed by atoms with Crippen LogP contribution in [0.25, 0.3) is 70.9 Å². The molecule has 0 N–H and O–H groups in total. The average molecular weight is 801 g/mol. The van der Waals surface area contributed by atoms with E-state index in [1.807, 2.05) is 0 Å². The van der Waals surface area contributed by atoms with E-state index in [1.54, 1.807) is 0 Å². The van der Waals surface area contributed by atoms with Crippen LogP contribution in [0, 0.1) is 0 Å². The topological polar surface area (TPSA) is 8.17 Å². The van der Waals surface area contributed by atoms with Gasteiger partial charge < -0.3 is 9.47 Å². The summed E-state index contributed by atoms with van der Waals surface area (Å²) in [6.07, 6.45) is 0. The van der Waals surface area contributed by atoms with Gasteiger partial charge in [0, 0.05) is 33.5 Å². The van der Waals surface area contributed by atoms with Crippen LogP contribution < -0.4 is 4.90 Å². The molecule has 0 atom stereocenters. The van der Waals surface area contributed by atoms with E-state index in [1.165, 1.54) is 87.5 Å². The van der Waals surface area contributed by atoms with Crippen LogP contribution in [0.1, 0.15) is 22.3 Å². The Morgan fingerprint density at radius 2 is 0.730 bits per heavy atom. The highest BCUT2D eigenvalue weighted by Gasteiger charge is 2.45. The second-order valence-electron chi connectivity index (χ2n) is 16.8. The zero-order chi connectivity index (χ0) is 41.5. The molecule has 0 saturated carbocycles. The maximum atomic E-state index is 2.44. The lowest BCUT2D eigenvalue weighted by molar-refractivity contribution is 0.768. The van der Waals surface area contributed by atoms with Crippen molar-refractivity contribution in [3.8, 4) is 16.8 Å². The van der Waals surface area contributed by atoms with Gasteiger partial charge in [0.15, 0.2) is 0 Å². The smallest absolute Gasteiger partial charge is 0.0713 e. The monoisotopic (exact) mass is 800 g/mol. The minimum atomic E-state index is -0.475. The number of nitrogens with zero attached hydrogens (tertiary/aromatic N) is 2. The average Bonchev–Trinajstić information content (AvgIpc) is 3.86. The fourth-order valence-corrected chi connectivity index (χ4v) is 11.0. The van der Waals surface area contributed by atoms with Crippen molar-refractivity contribution in [2.75, 3.05) is 4.90 Å². The lowest BCUT2D eigenvalue weighted by Gasteiger charge is -2.34. The van der Waals surface area contributed by atoms with E-state index in [-0.39, 0.29) is 0 Å². The number of fused-ring (bicyclic) bond motifs is 12. The second-order valence-corrected chi connectivity index (χ2v) is 16.8. The summed E-state index contributed by atoms with van der Waals surface area (Å²) in [6, 6.07) is 89.6. The van der Waals surface area contributed by atoms with Crippen LogP contribution in [0.3, 0.4) is 0 Å². The zero-order valence-corrected chi connectivity index (χ0v) is 34.5. The fraction of sp³-hybridized carbons (Fsp3) is 0.0164. The van der Waals surface area contributed by atoms with E-state index in [2.05, 4.69) is 252 Å². The van der Waals surface area contributed by atoms with E-state index in [4.69, 9.17) is 0 Å². The second kappa shape index (κ2) is 13.9. The summed E-state index contributed by atoms with van der Waals surface area (Å²) >= 11 is 0. The molecule has 0 amide bonds. The Hall–Kier alpha value is -8.20. The van der Waals surface area contributed by atoms with Gasteiger partial charge in [-0.1, -0.05) is 188 Å². The normalized spacial score (nSPS) is 12.9. The predicted octanol–water partition coefficient (Wildman–Crippen LogP) is 16.1. The zero-order valence-electron chi connectivity index (χ0n) is 34.5. The van der Waals surface area contributed by atoms with Crippen LogP contribution in [0.4, 0.5) is 17.1 Å². The SMILES string of the molecule is c1ccc(C2(c3ccc(N(c4cccc(-n5c6ccccc6c6ccccc65)c4)c4ccc5c6ccccc6c6ccccc6c5c4)cc3)c3ccccc3-c3ccccc32)cc1. The highest BCUT2D eigenvalue weighted by Crippen LogP contribution is 2.56. The van der Waals surface area contributed by atoms with Crippen LogP contribution in [0.15, 0.2) is 243 Å². The third-order valence-corrected chi connectivity index (χ3v) is 13.6. The number of rotatable bonds is 6. The minimum Gasteiger partial charge on any atom is -0.310 e. The lowest BCUT2D eigenvalue weighted by atomic mass is 9.68. The van der Waals surface area contributed by atoms with Crippen molar-refractivity contribution in [1.29, 1.82) is 0 Å². The van der Waals surface area contributed by atoms with Gasteiger partial charge in [0.1, 0.15) is 0 Å². The van der Waals surface area contributed by atoms with Crippen molar-refractivity contribution in [3.63, 3.8) is 0 Å². The highest BCUT2D eigenvalue weighted by atomic mass is 15.1. The molecule has 0 saturated heterocycles. The van der Waals surface area contributed by atoms with E-state index in [0.717, 1.165) is 22.7 Å². The Morgan fingerprint density at radius 3 is 1.33 bits per heavy atom. The first-order valence-corrected chi connectivity index (χ1v) is 21.8. The molecule has 11 aromatic carbocycles. The Kier molecular flexibility index (Phi) is 7.85. The van der Waals surface area contributed by atoms with Gasteiger partial charge in [0.05, 0.1) is 16.4 Å². The number of hydrogen-bond donors (Lipinski definition) is 0. The van der Waals surface area contributed by atoms with E-state index >= 15 is 0 Å². The summed E-state index contributed by atoms with van der Waals surface area (Å²) in [4.78, 5) is 2.44. The summed E-state index contributed by atoms with van der Waals surface area (Å²) in [5.41, 5.74) is 14.0. The molecule has 294 valence electrons. The first kappa shape index (κ1) is 35.5. The summed E-state index contributed by atoms with van der Waals surface area (Å²) in [5.74, 6) is 0. The van der Waals surface area contributed by atoms with Crippen molar-refractivity contribution in [2.45, 2.75) is 5.41 Å². The van der Waals surface area contributed by atoms with Crippen LogP contribution in [0.5, 0.6) is 0 Å². The maximum Gasteiger partial charge on any atom is 0.0713 e. The maximum absolute atomic E-state index is 2.44. The van der Waals surface area contributed by atoms with E-state index in [9.17, 15) is 0 Å². The fourth-order valence-electron chi connectivity index (χ4n) is 11.0. The number of anilines is 3. The van der Waals surface area contributed by atoms with Gasteiger partial charge in [0.25, 0.3) is 0 Å². The summed E-state index contributed by atoms with van der Waals surface area (Å²) in [6.45, 7) is 0. The Labute approximate surface area is 366 Å². The Bertz CT molecular complexity index is 3610. The molecular formula is C61H40N2. The van der Waals surface area contributed by atoms with Crippen LogP contribution in [0.2, 0.25) is 0 Å². The number of aromatic nitrogens is 1. The number of benzene rings is 11. The van der Waals surface area contributed by atoms with Gasteiger partial charge in [-0.3, -0.25) is 0 Å². The molecule has 13 rings (SSSR count). The molecule has 0 unspecified atom stereocenters.